The van der Waals surface area contributed by atoms with Gasteiger partial charge in [0.2, 0.25) is 0 Å². The van der Waals surface area contributed by atoms with Crippen molar-refractivity contribution in [1.29, 1.82) is 0 Å². The van der Waals surface area contributed by atoms with Gasteiger partial charge in [-0.3, -0.25) is 9.47 Å². The van der Waals surface area contributed by atoms with Crippen molar-refractivity contribution >= 4 is 17.6 Å². The lowest BCUT2D eigenvalue weighted by molar-refractivity contribution is 0.0532. The third-order valence-electron chi connectivity index (χ3n) is 7.73. The number of nitrogens with zero attached hydrogens (tertiary/aromatic N) is 2. The summed E-state index contributed by atoms with van der Waals surface area (Å²) in [5.74, 6) is 1.14. The van der Waals surface area contributed by atoms with Crippen molar-refractivity contribution in [2.45, 2.75) is 71.9 Å². The molecule has 1 aliphatic carbocycles. The summed E-state index contributed by atoms with van der Waals surface area (Å²) < 4.78 is 18.2. The minimum atomic E-state index is -0.583. The molecule has 1 aromatic carbocycles. The highest BCUT2D eigenvalue weighted by molar-refractivity contribution is 5.89. The Morgan fingerprint density at radius 1 is 1.08 bits per heavy atom. The molecule has 2 unspecified atom stereocenters. The zero-order chi connectivity index (χ0) is 28.3. The lowest BCUT2D eigenvalue weighted by Crippen LogP contribution is -2.38. The SMILES string of the molecule is CCC1CCN(CC2=C(OC)C=C(C)Cc3c2ccn3C(=O)OC(C)(C)C)C(c2ccc(C(=O)OC)cc2)C1. The van der Waals surface area contributed by atoms with Gasteiger partial charge in [0.1, 0.15) is 11.4 Å². The summed E-state index contributed by atoms with van der Waals surface area (Å²) in [5, 5.41) is 0. The number of rotatable bonds is 6. The molecule has 1 aromatic heterocycles. The molecule has 210 valence electrons. The fourth-order valence-corrected chi connectivity index (χ4v) is 5.66. The molecule has 1 saturated heterocycles. The largest absolute Gasteiger partial charge is 0.496 e. The van der Waals surface area contributed by atoms with Crippen LogP contribution >= 0.6 is 0 Å². The lowest BCUT2D eigenvalue weighted by Gasteiger charge is -2.40. The number of carbonyl (C=O) groups is 2. The van der Waals surface area contributed by atoms with Gasteiger partial charge in [-0.05, 0) is 82.8 Å². The van der Waals surface area contributed by atoms with Gasteiger partial charge in [-0.15, -0.1) is 0 Å². The van der Waals surface area contributed by atoms with E-state index >= 15 is 0 Å². The molecule has 2 atom stereocenters. The zero-order valence-corrected chi connectivity index (χ0v) is 24.4. The Morgan fingerprint density at radius 2 is 1.79 bits per heavy atom. The number of benzene rings is 1. The van der Waals surface area contributed by atoms with E-state index in [0.717, 1.165) is 54.0 Å². The van der Waals surface area contributed by atoms with Gasteiger partial charge in [0.05, 0.1) is 19.8 Å². The Morgan fingerprint density at radius 3 is 2.41 bits per heavy atom. The average molecular weight is 535 g/mol. The Balaban J connectivity index is 1.71. The van der Waals surface area contributed by atoms with Gasteiger partial charge in [0.15, 0.2) is 0 Å². The van der Waals surface area contributed by atoms with Gasteiger partial charge in [-0.2, -0.15) is 0 Å². The van der Waals surface area contributed by atoms with Crippen LogP contribution < -0.4 is 0 Å². The van der Waals surface area contributed by atoms with Gasteiger partial charge in [-0.25, -0.2) is 9.59 Å². The van der Waals surface area contributed by atoms with Crippen LogP contribution in [0.4, 0.5) is 4.79 Å². The van der Waals surface area contributed by atoms with Gasteiger partial charge in [0, 0.05) is 42.0 Å². The van der Waals surface area contributed by atoms with Gasteiger partial charge in [-0.1, -0.05) is 31.1 Å². The van der Waals surface area contributed by atoms with E-state index in [1.807, 2.05) is 45.2 Å². The fraction of sp³-hybridized carbons (Fsp3) is 0.500. The molecule has 0 N–H and O–H groups in total. The molecule has 1 aliphatic heterocycles. The van der Waals surface area contributed by atoms with E-state index < -0.39 is 5.60 Å². The molecule has 2 aromatic rings. The maximum atomic E-state index is 13.1. The van der Waals surface area contributed by atoms with Crippen molar-refractivity contribution in [2.75, 3.05) is 27.3 Å². The number of likely N-dealkylation sites (tertiary alicyclic amines) is 1. The molecule has 0 spiro atoms. The van der Waals surface area contributed by atoms with E-state index in [1.54, 1.807) is 11.7 Å². The van der Waals surface area contributed by atoms with Crippen molar-refractivity contribution in [3.05, 3.63) is 76.3 Å². The summed E-state index contributed by atoms with van der Waals surface area (Å²) in [6.45, 7) is 11.6. The minimum absolute atomic E-state index is 0.200. The first-order valence-electron chi connectivity index (χ1n) is 13.8. The molecule has 4 rings (SSSR count). The van der Waals surface area contributed by atoms with Crippen molar-refractivity contribution in [1.82, 2.24) is 9.47 Å². The number of aromatic nitrogens is 1. The third kappa shape index (κ3) is 6.47. The highest BCUT2D eigenvalue weighted by Crippen LogP contribution is 2.39. The van der Waals surface area contributed by atoms with Gasteiger partial charge in [0.25, 0.3) is 0 Å². The van der Waals surface area contributed by atoms with Crippen LogP contribution in [0.2, 0.25) is 0 Å². The molecular formula is C32H42N2O5. The molecule has 7 heteroatoms. The molecule has 39 heavy (non-hydrogen) atoms. The van der Waals surface area contributed by atoms with Crippen LogP contribution in [0.3, 0.4) is 0 Å². The maximum Gasteiger partial charge on any atom is 0.418 e. The molecule has 2 heterocycles. The fourth-order valence-electron chi connectivity index (χ4n) is 5.66. The summed E-state index contributed by atoms with van der Waals surface area (Å²) in [6.07, 6.45) is 7.48. The monoisotopic (exact) mass is 534 g/mol. The van der Waals surface area contributed by atoms with Crippen LogP contribution in [0.5, 0.6) is 0 Å². The second-order valence-corrected chi connectivity index (χ2v) is 11.6. The predicted octanol–water partition coefficient (Wildman–Crippen LogP) is 6.78. The van der Waals surface area contributed by atoms with E-state index in [1.165, 1.54) is 12.7 Å². The molecule has 0 amide bonds. The highest BCUT2D eigenvalue weighted by Gasteiger charge is 2.32. The molecular weight excluding hydrogens is 492 g/mol. The number of piperidine rings is 1. The van der Waals surface area contributed by atoms with E-state index in [-0.39, 0.29) is 18.1 Å². The number of hydrogen-bond donors (Lipinski definition) is 0. The third-order valence-corrected chi connectivity index (χ3v) is 7.73. The van der Waals surface area contributed by atoms with Crippen LogP contribution in [0.15, 0.2) is 53.9 Å². The van der Waals surface area contributed by atoms with Crippen LogP contribution in [0, 0.1) is 5.92 Å². The van der Waals surface area contributed by atoms with E-state index in [9.17, 15) is 9.59 Å². The molecule has 0 saturated carbocycles. The standard InChI is InChI=1S/C32H42N2O5/c1-8-22-13-15-33(27(19-22)23-9-11-24(12-10-23)30(35)38-7)20-26-25-14-16-34(31(36)39-32(3,4)5)28(25)17-21(2)18-29(26)37-6/h9-12,14,16,18,22,27H,8,13,15,17,19-20H2,1-7H3. The van der Waals surface area contributed by atoms with E-state index in [0.29, 0.717) is 24.4 Å². The molecule has 1 fully saturated rings. The lowest BCUT2D eigenvalue weighted by atomic mass is 9.85. The molecule has 2 aliphatic rings. The topological polar surface area (TPSA) is 70.0 Å². The van der Waals surface area contributed by atoms with E-state index in [2.05, 4.69) is 37.0 Å². The Hall–Kier alpha value is -3.32. The number of esters is 1. The minimum Gasteiger partial charge on any atom is -0.496 e. The highest BCUT2D eigenvalue weighted by atomic mass is 16.6. The second kappa shape index (κ2) is 11.8. The van der Waals surface area contributed by atoms with Crippen LogP contribution in [0.1, 0.15) is 87.1 Å². The number of fused-ring (bicyclic) bond motifs is 1. The summed E-state index contributed by atoms with van der Waals surface area (Å²) in [4.78, 5) is 27.6. The van der Waals surface area contributed by atoms with Gasteiger partial charge < -0.3 is 14.2 Å². The predicted molar refractivity (Wildman–Crippen MR) is 153 cm³/mol. The van der Waals surface area contributed by atoms with Crippen molar-refractivity contribution in [3.8, 4) is 0 Å². The smallest absolute Gasteiger partial charge is 0.418 e. The number of methoxy groups -OCH3 is 2. The van der Waals surface area contributed by atoms with E-state index in [4.69, 9.17) is 14.2 Å². The second-order valence-electron chi connectivity index (χ2n) is 11.6. The molecule has 0 radical (unpaired) electrons. The Bertz CT molecular complexity index is 1260. The van der Waals surface area contributed by atoms with Crippen molar-refractivity contribution in [3.63, 3.8) is 0 Å². The summed E-state index contributed by atoms with van der Waals surface area (Å²) in [6, 6.07) is 10.0. The summed E-state index contributed by atoms with van der Waals surface area (Å²) in [5.41, 5.74) is 5.28. The number of allylic oxidation sites excluding steroid dienone is 2. The maximum absolute atomic E-state index is 13.1. The van der Waals surface area contributed by atoms with Crippen LogP contribution in [0.25, 0.3) is 5.57 Å². The average Bonchev–Trinajstić information content (AvgIpc) is 3.26. The first-order chi connectivity index (χ1) is 18.5. The Labute approximate surface area is 232 Å². The molecule has 0 bridgehead atoms. The van der Waals surface area contributed by atoms with Gasteiger partial charge >= 0.3 is 12.1 Å². The summed E-state index contributed by atoms with van der Waals surface area (Å²) in [7, 11) is 3.11. The number of hydrogen-bond acceptors (Lipinski definition) is 6. The number of ether oxygens (including phenoxy) is 3. The molecule has 7 nitrogen and oxygen atoms in total. The Kier molecular flexibility index (Phi) is 8.70. The first-order valence-corrected chi connectivity index (χ1v) is 13.8. The normalized spacial score (nSPS) is 20.1. The summed E-state index contributed by atoms with van der Waals surface area (Å²) >= 11 is 0. The van der Waals surface area contributed by atoms with Crippen molar-refractivity contribution in [2.24, 2.45) is 5.92 Å². The first kappa shape index (κ1) is 28.7. The zero-order valence-electron chi connectivity index (χ0n) is 24.4. The van der Waals surface area contributed by atoms with Crippen molar-refractivity contribution < 1.29 is 23.8 Å². The number of carbonyl (C=O) groups excluding carboxylic acids is 2. The van der Waals surface area contributed by atoms with Crippen LogP contribution in [-0.2, 0) is 20.6 Å². The van der Waals surface area contributed by atoms with Crippen LogP contribution in [-0.4, -0.2) is 54.4 Å². The quantitative estimate of drug-likeness (QED) is 0.381.